The highest BCUT2D eigenvalue weighted by molar-refractivity contribution is 5.95. The molecular formula is C16H22N4O3. The average Bonchev–Trinajstić information content (AvgIpc) is 3.15. The summed E-state index contributed by atoms with van der Waals surface area (Å²) < 4.78 is 6.75. The van der Waals surface area contributed by atoms with Crippen LogP contribution in [-0.4, -0.2) is 39.6 Å². The average molecular weight is 318 g/mol. The summed E-state index contributed by atoms with van der Waals surface area (Å²) in [5, 5.41) is 6.83. The van der Waals surface area contributed by atoms with Crippen LogP contribution in [-0.2, 0) is 18.4 Å². The van der Waals surface area contributed by atoms with E-state index in [1.54, 1.807) is 35.0 Å². The van der Waals surface area contributed by atoms with Crippen molar-refractivity contribution in [2.24, 2.45) is 13.0 Å². The van der Waals surface area contributed by atoms with Crippen molar-refractivity contribution in [3.8, 4) is 0 Å². The minimum atomic E-state index is -0.616. The van der Waals surface area contributed by atoms with Crippen LogP contribution in [0, 0.1) is 5.92 Å². The highest BCUT2D eigenvalue weighted by atomic mass is 16.3. The lowest BCUT2D eigenvalue weighted by molar-refractivity contribution is -0.133. The molecule has 1 unspecified atom stereocenters. The molecule has 2 aromatic heterocycles. The molecule has 7 heteroatoms. The third-order valence-electron chi connectivity index (χ3n) is 3.52. The van der Waals surface area contributed by atoms with Gasteiger partial charge in [-0.1, -0.05) is 13.8 Å². The molecule has 0 bridgehead atoms. The van der Waals surface area contributed by atoms with E-state index in [1.165, 1.54) is 6.26 Å². The van der Waals surface area contributed by atoms with E-state index in [0.717, 1.165) is 5.56 Å². The molecule has 124 valence electrons. The van der Waals surface area contributed by atoms with E-state index in [2.05, 4.69) is 10.4 Å². The SMILES string of the molecule is CC(C)C(NC(=O)c1ccco1)C(=O)N(C)Cc1cnn(C)c1. The summed E-state index contributed by atoms with van der Waals surface area (Å²) >= 11 is 0. The lowest BCUT2D eigenvalue weighted by Crippen LogP contribution is -2.49. The van der Waals surface area contributed by atoms with Gasteiger partial charge in [0.2, 0.25) is 5.91 Å². The molecule has 0 fully saturated rings. The van der Waals surface area contributed by atoms with Crippen LogP contribution in [0.25, 0.3) is 0 Å². The number of carbonyl (C=O) groups is 2. The number of nitrogens with zero attached hydrogens (tertiary/aromatic N) is 3. The fourth-order valence-electron chi connectivity index (χ4n) is 2.28. The van der Waals surface area contributed by atoms with Crippen molar-refractivity contribution in [3.05, 3.63) is 42.1 Å². The first-order valence-electron chi connectivity index (χ1n) is 7.45. The van der Waals surface area contributed by atoms with Gasteiger partial charge in [-0.3, -0.25) is 14.3 Å². The molecular weight excluding hydrogens is 296 g/mol. The molecule has 2 aromatic rings. The molecule has 2 rings (SSSR count). The van der Waals surface area contributed by atoms with Gasteiger partial charge in [0.25, 0.3) is 5.91 Å². The Morgan fingerprint density at radius 2 is 2.17 bits per heavy atom. The molecule has 0 aliphatic carbocycles. The first-order valence-corrected chi connectivity index (χ1v) is 7.45. The molecule has 0 saturated carbocycles. The van der Waals surface area contributed by atoms with Gasteiger partial charge in [-0.2, -0.15) is 5.10 Å². The number of hydrogen-bond acceptors (Lipinski definition) is 4. The van der Waals surface area contributed by atoms with Gasteiger partial charge in [0, 0.05) is 32.4 Å². The zero-order chi connectivity index (χ0) is 17.0. The van der Waals surface area contributed by atoms with Crippen molar-refractivity contribution in [2.45, 2.75) is 26.4 Å². The van der Waals surface area contributed by atoms with Gasteiger partial charge in [-0.05, 0) is 18.1 Å². The van der Waals surface area contributed by atoms with Crippen molar-refractivity contribution in [1.29, 1.82) is 0 Å². The lowest BCUT2D eigenvalue weighted by atomic mass is 10.0. The Morgan fingerprint density at radius 1 is 1.43 bits per heavy atom. The van der Waals surface area contributed by atoms with Crippen molar-refractivity contribution in [2.75, 3.05) is 7.05 Å². The Bertz CT molecular complexity index is 661. The molecule has 23 heavy (non-hydrogen) atoms. The van der Waals surface area contributed by atoms with Gasteiger partial charge < -0.3 is 14.6 Å². The van der Waals surface area contributed by atoms with E-state index in [0.29, 0.717) is 6.54 Å². The predicted octanol–water partition coefficient (Wildman–Crippen LogP) is 1.43. The van der Waals surface area contributed by atoms with Crippen LogP contribution in [0.1, 0.15) is 30.0 Å². The normalized spacial score (nSPS) is 12.2. The Morgan fingerprint density at radius 3 is 2.70 bits per heavy atom. The highest BCUT2D eigenvalue weighted by Gasteiger charge is 2.28. The van der Waals surface area contributed by atoms with Crippen molar-refractivity contribution < 1.29 is 14.0 Å². The standard InChI is InChI=1S/C16H22N4O3/c1-11(2)14(18-15(21)13-6-5-7-23-13)16(22)19(3)9-12-8-17-20(4)10-12/h5-8,10-11,14H,9H2,1-4H3,(H,18,21). The van der Waals surface area contributed by atoms with Gasteiger partial charge in [-0.15, -0.1) is 0 Å². The maximum atomic E-state index is 12.7. The summed E-state index contributed by atoms with van der Waals surface area (Å²) in [6.45, 7) is 4.22. The molecule has 1 N–H and O–H groups in total. The summed E-state index contributed by atoms with van der Waals surface area (Å²) in [6.07, 6.45) is 5.00. The Hall–Kier alpha value is -2.57. The van der Waals surface area contributed by atoms with Gasteiger partial charge in [0.05, 0.1) is 12.5 Å². The Kier molecular flexibility index (Phi) is 5.20. The molecule has 0 aromatic carbocycles. The lowest BCUT2D eigenvalue weighted by Gasteiger charge is -2.26. The summed E-state index contributed by atoms with van der Waals surface area (Å²) in [7, 11) is 3.54. The fraction of sp³-hybridized carbons (Fsp3) is 0.438. The zero-order valence-corrected chi connectivity index (χ0v) is 13.8. The van der Waals surface area contributed by atoms with E-state index < -0.39 is 11.9 Å². The summed E-state index contributed by atoms with van der Waals surface area (Å²) in [5.41, 5.74) is 0.934. The second-order valence-corrected chi connectivity index (χ2v) is 5.89. The number of carbonyl (C=O) groups excluding carboxylic acids is 2. The molecule has 1 atom stereocenters. The summed E-state index contributed by atoms with van der Waals surface area (Å²) in [4.78, 5) is 26.4. The van der Waals surface area contributed by atoms with Crippen molar-refractivity contribution in [1.82, 2.24) is 20.0 Å². The molecule has 2 amide bonds. The first-order chi connectivity index (χ1) is 10.9. The largest absolute Gasteiger partial charge is 0.459 e. The smallest absolute Gasteiger partial charge is 0.287 e. The van der Waals surface area contributed by atoms with Crippen LogP contribution in [0.4, 0.5) is 0 Å². The second-order valence-electron chi connectivity index (χ2n) is 5.89. The molecule has 0 saturated heterocycles. The van der Waals surface area contributed by atoms with Crippen LogP contribution >= 0.6 is 0 Å². The molecule has 0 radical (unpaired) electrons. The maximum absolute atomic E-state index is 12.7. The van der Waals surface area contributed by atoms with E-state index in [1.807, 2.05) is 27.1 Å². The topological polar surface area (TPSA) is 80.4 Å². The monoisotopic (exact) mass is 318 g/mol. The number of hydrogen-bond donors (Lipinski definition) is 1. The third-order valence-corrected chi connectivity index (χ3v) is 3.52. The molecule has 0 aliphatic rings. The Balaban J connectivity index is 2.04. The first kappa shape index (κ1) is 16.8. The van der Waals surface area contributed by atoms with E-state index >= 15 is 0 Å². The predicted molar refractivity (Wildman–Crippen MR) is 84.5 cm³/mol. The van der Waals surface area contributed by atoms with Gasteiger partial charge >= 0.3 is 0 Å². The van der Waals surface area contributed by atoms with Crippen molar-refractivity contribution >= 4 is 11.8 Å². The van der Waals surface area contributed by atoms with Gasteiger partial charge in [0.15, 0.2) is 5.76 Å². The second kappa shape index (κ2) is 7.13. The highest BCUT2D eigenvalue weighted by Crippen LogP contribution is 2.10. The van der Waals surface area contributed by atoms with Crippen LogP contribution in [0.2, 0.25) is 0 Å². The van der Waals surface area contributed by atoms with Crippen LogP contribution < -0.4 is 5.32 Å². The number of aromatic nitrogens is 2. The van der Waals surface area contributed by atoms with Crippen molar-refractivity contribution in [3.63, 3.8) is 0 Å². The van der Waals surface area contributed by atoms with Crippen LogP contribution in [0.15, 0.2) is 35.2 Å². The van der Waals surface area contributed by atoms with E-state index in [9.17, 15) is 9.59 Å². The molecule has 0 aliphatic heterocycles. The fourth-order valence-corrected chi connectivity index (χ4v) is 2.28. The molecule has 0 spiro atoms. The number of aryl methyl sites for hydroxylation is 1. The third kappa shape index (κ3) is 4.21. The number of nitrogens with one attached hydrogen (secondary N) is 1. The number of amides is 2. The van der Waals surface area contributed by atoms with Gasteiger partial charge in [0.1, 0.15) is 6.04 Å². The van der Waals surface area contributed by atoms with Crippen LogP contribution in [0.3, 0.4) is 0 Å². The number of furan rings is 1. The Labute approximate surface area is 135 Å². The molecule has 2 heterocycles. The quantitative estimate of drug-likeness (QED) is 0.873. The molecule has 7 nitrogen and oxygen atoms in total. The van der Waals surface area contributed by atoms with E-state index in [-0.39, 0.29) is 17.6 Å². The minimum absolute atomic E-state index is 0.0437. The van der Waals surface area contributed by atoms with E-state index in [4.69, 9.17) is 4.42 Å². The minimum Gasteiger partial charge on any atom is -0.459 e. The maximum Gasteiger partial charge on any atom is 0.287 e. The summed E-state index contributed by atoms with van der Waals surface area (Å²) in [6, 6.07) is 2.58. The zero-order valence-electron chi connectivity index (χ0n) is 13.8. The van der Waals surface area contributed by atoms with Gasteiger partial charge in [-0.25, -0.2) is 0 Å². The number of rotatable bonds is 6. The summed E-state index contributed by atoms with van der Waals surface area (Å²) in [5.74, 6) is -0.392. The number of likely N-dealkylation sites (N-methyl/N-ethyl adjacent to an activating group) is 1. The van der Waals surface area contributed by atoms with Crippen LogP contribution in [0.5, 0.6) is 0 Å².